The Labute approximate surface area is 134 Å². The molecule has 0 N–H and O–H groups in total. The van der Waals surface area contributed by atoms with E-state index in [0.717, 1.165) is 18.5 Å². The Morgan fingerprint density at radius 1 is 1.05 bits per heavy atom. The van der Waals surface area contributed by atoms with E-state index in [1.165, 1.54) is 0 Å². The van der Waals surface area contributed by atoms with E-state index in [2.05, 4.69) is 10.2 Å². The van der Waals surface area contributed by atoms with Crippen LogP contribution in [0.25, 0.3) is 0 Å². The molecule has 0 unspecified atom stereocenters. The summed E-state index contributed by atoms with van der Waals surface area (Å²) in [7, 11) is 0. The molecule has 2 aromatic heterocycles. The highest BCUT2D eigenvalue weighted by atomic mass is 35.5. The summed E-state index contributed by atoms with van der Waals surface area (Å²) in [5.41, 5.74) is 1.09. The molecule has 0 fully saturated rings. The first-order valence-electron chi connectivity index (χ1n) is 7.17. The van der Waals surface area contributed by atoms with Crippen molar-refractivity contribution in [1.29, 1.82) is 0 Å². The van der Waals surface area contributed by atoms with E-state index >= 15 is 0 Å². The van der Waals surface area contributed by atoms with E-state index in [1.807, 2.05) is 52.1 Å². The molecule has 22 heavy (non-hydrogen) atoms. The lowest BCUT2D eigenvalue weighted by molar-refractivity contribution is 0.298. The first-order valence-corrected chi connectivity index (χ1v) is 7.55. The lowest BCUT2D eigenvalue weighted by atomic mass is 10.2. The van der Waals surface area contributed by atoms with Gasteiger partial charge in [-0.25, -0.2) is 0 Å². The molecule has 6 heteroatoms. The molecule has 0 spiro atoms. The van der Waals surface area contributed by atoms with Crippen molar-refractivity contribution in [2.24, 2.45) is 0 Å². The van der Waals surface area contributed by atoms with E-state index in [4.69, 9.17) is 16.3 Å². The van der Waals surface area contributed by atoms with Crippen LogP contribution >= 0.6 is 11.6 Å². The highest BCUT2D eigenvalue weighted by Gasteiger charge is 2.04. The SMILES string of the molecule is Clc1cc(Cn2cccn2)ccc1OCCCn1cccn1. The van der Waals surface area contributed by atoms with Gasteiger partial charge in [0.2, 0.25) is 0 Å². The van der Waals surface area contributed by atoms with Crippen LogP contribution in [0, 0.1) is 0 Å². The largest absolute Gasteiger partial charge is 0.492 e. The predicted octanol–water partition coefficient (Wildman–Crippen LogP) is 3.25. The number of aromatic nitrogens is 4. The molecule has 0 bridgehead atoms. The minimum Gasteiger partial charge on any atom is -0.492 e. The van der Waals surface area contributed by atoms with E-state index in [1.54, 1.807) is 12.4 Å². The van der Waals surface area contributed by atoms with Gasteiger partial charge in [0.1, 0.15) is 5.75 Å². The molecule has 3 rings (SSSR count). The number of rotatable bonds is 7. The topological polar surface area (TPSA) is 44.9 Å². The van der Waals surface area contributed by atoms with Gasteiger partial charge < -0.3 is 4.74 Å². The smallest absolute Gasteiger partial charge is 0.137 e. The zero-order valence-electron chi connectivity index (χ0n) is 12.1. The van der Waals surface area contributed by atoms with Crippen LogP contribution in [-0.2, 0) is 13.1 Å². The van der Waals surface area contributed by atoms with E-state index in [-0.39, 0.29) is 0 Å². The number of halogens is 1. The third-order valence-corrected chi connectivity index (χ3v) is 3.54. The Hall–Kier alpha value is -2.27. The maximum atomic E-state index is 6.28. The van der Waals surface area contributed by atoms with Crippen LogP contribution in [0.15, 0.2) is 55.1 Å². The fourth-order valence-corrected chi connectivity index (χ4v) is 2.44. The molecule has 5 nitrogen and oxygen atoms in total. The van der Waals surface area contributed by atoms with Crippen molar-refractivity contribution >= 4 is 11.6 Å². The van der Waals surface area contributed by atoms with Crippen molar-refractivity contribution in [3.8, 4) is 5.75 Å². The Balaban J connectivity index is 1.51. The molecule has 0 radical (unpaired) electrons. The molecule has 0 aliphatic rings. The van der Waals surface area contributed by atoms with Gasteiger partial charge in [0, 0.05) is 37.8 Å². The van der Waals surface area contributed by atoms with Gasteiger partial charge in [-0.15, -0.1) is 0 Å². The van der Waals surface area contributed by atoms with Crippen LogP contribution in [0.3, 0.4) is 0 Å². The second-order valence-corrected chi connectivity index (χ2v) is 5.35. The van der Waals surface area contributed by atoms with Crippen molar-refractivity contribution < 1.29 is 4.74 Å². The predicted molar refractivity (Wildman–Crippen MR) is 85.1 cm³/mol. The minimum absolute atomic E-state index is 0.609. The number of ether oxygens (including phenoxy) is 1. The van der Waals surface area contributed by atoms with Crippen molar-refractivity contribution in [3.05, 3.63) is 65.7 Å². The number of nitrogens with zero attached hydrogens (tertiary/aromatic N) is 4. The maximum Gasteiger partial charge on any atom is 0.137 e. The van der Waals surface area contributed by atoms with Crippen LogP contribution in [0.5, 0.6) is 5.75 Å². The molecule has 2 heterocycles. The third-order valence-electron chi connectivity index (χ3n) is 3.25. The van der Waals surface area contributed by atoms with Gasteiger partial charge in [0.05, 0.1) is 18.2 Å². The first kappa shape index (κ1) is 14.7. The molecule has 0 saturated carbocycles. The monoisotopic (exact) mass is 316 g/mol. The Kier molecular flexibility index (Phi) is 4.75. The van der Waals surface area contributed by atoms with Crippen molar-refractivity contribution in [1.82, 2.24) is 19.6 Å². The zero-order valence-corrected chi connectivity index (χ0v) is 12.9. The van der Waals surface area contributed by atoms with Crippen LogP contribution in [0.1, 0.15) is 12.0 Å². The fourth-order valence-electron chi connectivity index (χ4n) is 2.18. The summed E-state index contributed by atoms with van der Waals surface area (Å²) in [5, 5.41) is 8.96. The average molecular weight is 317 g/mol. The van der Waals surface area contributed by atoms with Crippen molar-refractivity contribution in [2.45, 2.75) is 19.5 Å². The molecule has 114 valence electrons. The highest BCUT2D eigenvalue weighted by Crippen LogP contribution is 2.26. The quantitative estimate of drug-likeness (QED) is 0.629. The first-order chi connectivity index (χ1) is 10.8. The summed E-state index contributed by atoms with van der Waals surface area (Å²) in [4.78, 5) is 0. The number of benzene rings is 1. The van der Waals surface area contributed by atoms with Crippen LogP contribution < -0.4 is 4.74 Å². The summed E-state index contributed by atoms with van der Waals surface area (Å²) in [5.74, 6) is 0.714. The van der Waals surface area contributed by atoms with Crippen molar-refractivity contribution in [2.75, 3.05) is 6.61 Å². The van der Waals surface area contributed by atoms with Gasteiger partial charge in [-0.2, -0.15) is 10.2 Å². The summed E-state index contributed by atoms with van der Waals surface area (Å²) < 4.78 is 9.47. The normalized spacial score (nSPS) is 10.8. The van der Waals surface area contributed by atoms with Crippen molar-refractivity contribution in [3.63, 3.8) is 0 Å². The van der Waals surface area contributed by atoms with Gasteiger partial charge >= 0.3 is 0 Å². The summed E-state index contributed by atoms with van der Waals surface area (Å²) >= 11 is 6.28. The average Bonchev–Trinajstić information content (AvgIpc) is 3.19. The molecule has 3 aromatic rings. The standard InChI is InChI=1S/C16H17ClN4O/c17-15-12-14(13-21-9-2-7-19-21)4-5-16(15)22-11-3-10-20-8-1-6-18-20/h1-2,4-9,12H,3,10-11,13H2. The summed E-state index contributed by atoms with van der Waals surface area (Å²) in [6.45, 7) is 2.15. The summed E-state index contributed by atoms with van der Waals surface area (Å²) in [6.07, 6.45) is 8.28. The zero-order chi connectivity index (χ0) is 15.2. The van der Waals surface area contributed by atoms with E-state index in [9.17, 15) is 0 Å². The van der Waals surface area contributed by atoms with Gasteiger partial charge in [0.25, 0.3) is 0 Å². The lowest BCUT2D eigenvalue weighted by Gasteiger charge is -2.10. The van der Waals surface area contributed by atoms with Gasteiger partial charge in [-0.05, 0) is 29.8 Å². The number of hydrogen-bond donors (Lipinski definition) is 0. The Morgan fingerprint density at radius 2 is 1.82 bits per heavy atom. The third kappa shape index (κ3) is 3.89. The molecule has 0 amide bonds. The van der Waals surface area contributed by atoms with Crippen LogP contribution in [-0.4, -0.2) is 26.2 Å². The molecule has 0 aliphatic heterocycles. The van der Waals surface area contributed by atoms with E-state index in [0.29, 0.717) is 23.9 Å². The van der Waals surface area contributed by atoms with E-state index < -0.39 is 0 Å². The summed E-state index contributed by atoms with van der Waals surface area (Å²) in [6, 6.07) is 9.66. The molecule has 1 aromatic carbocycles. The molecule has 0 saturated heterocycles. The van der Waals surface area contributed by atoms with Crippen LogP contribution in [0.4, 0.5) is 0 Å². The number of hydrogen-bond acceptors (Lipinski definition) is 3. The minimum atomic E-state index is 0.609. The highest BCUT2D eigenvalue weighted by molar-refractivity contribution is 6.32. The fraction of sp³-hybridized carbons (Fsp3) is 0.250. The van der Waals surface area contributed by atoms with Gasteiger partial charge in [0.15, 0.2) is 0 Å². The second-order valence-electron chi connectivity index (χ2n) is 4.94. The second kappa shape index (κ2) is 7.13. The lowest BCUT2D eigenvalue weighted by Crippen LogP contribution is -2.05. The molecular weight excluding hydrogens is 300 g/mol. The Morgan fingerprint density at radius 3 is 2.50 bits per heavy atom. The molecule has 0 atom stereocenters. The molecule has 0 aliphatic carbocycles. The Bertz CT molecular complexity index is 695. The number of aryl methyl sites for hydroxylation is 1. The van der Waals surface area contributed by atoms with Gasteiger partial charge in [-0.1, -0.05) is 17.7 Å². The molecular formula is C16H17ClN4O. The van der Waals surface area contributed by atoms with Gasteiger partial charge in [-0.3, -0.25) is 9.36 Å². The van der Waals surface area contributed by atoms with Crippen LogP contribution in [0.2, 0.25) is 5.02 Å². The maximum absolute atomic E-state index is 6.28.